The van der Waals surface area contributed by atoms with Crippen molar-refractivity contribution in [2.75, 3.05) is 34.3 Å². The van der Waals surface area contributed by atoms with Crippen molar-refractivity contribution in [2.24, 2.45) is 0 Å². The Kier molecular flexibility index (Phi) is 6.32. The van der Waals surface area contributed by atoms with E-state index < -0.39 is 10.0 Å². The average molecular weight is 329 g/mol. The molecule has 0 radical (unpaired) electrons. The number of hydrogen-bond acceptors (Lipinski definition) is 5. The number of carbonyl (C=O) groups is 2. The summed E-state index contributed by atoms with van der Waals surface area (Å²) in [5, 5.41) is 2.40. The van der Waals surface area contributed by atoms with Gasteiger partial charge in [0.1, 0.15) is 5.75 Å². The number of hydrogen-bond donors (Lipinski definition) is 2. The molecular weight excluding hydrogens is 310 g/mol. The van der Waals surface area contributed by atoms with Gasteiger partial charge in [0.2, 0.25) is 15.9 Å². The van der Waals surface area contributed by atoms with E-state index in [1.165, 1.54) is 50.3 Å². The number of rotatable bonds is 7. The highest BCUT2D eigenvalue weighted by molar-refractivity contribution is 7.89. The van der Waals surface area contributed by atoms with Gasteiger partial charge in [-0.3, -0.25) is 9.59 Å². The molecule has 0 aliphatic heterocycles. The Balaban J connectivity index is 2.68. The average Bonchev–Trinajstić information content (AvgIpc) is 2.50. The Hall–Kier alpha value is -2.13. The highest BCUT2D eigenvalue weighted by atomic mass is 32.2. The predicted molar refractivity (Wildman–Crippen MR) is 79.9 cm³/mol. The fourth-order valence-electron chi connectivity index (χ4n) is 1.33. The number of ether oxygens (including phenoxy) is 1. The lowest BCUT2D eigenvalue weighted by Crippen LogP contribution is -2.36. The van der Waals surface area contributed by atoms with E-state index in [0.717, 1.165) is 0 Å². The molecule has 0 saturated carbocycles. The molecule has 0 fully saturated rings. The molecular formula is C13H19N3O5S. The summed E-state index contributed by atoms with van der Waals surface area (Å²) >= 11 is 0. The second-order valence-electron chi connectivity index (χ2n) is 4.55. The first-order valence-electron chi connectivity index (χ1n) is 6.39. The summed E-state index contributed by atoms with van der Waals surface area (Å²) in [5.41, 5.74) is 0. The molecule has 0 bridgehead atoms. The van der Waals surface area contributed by atoms with Crippen LogP contribution in [0.2, 0.25) is 0 Å². The van der Waals surface area contributed by atoms with Crippen molar-refractivity contribution in [3.63, 3.8) is 0 Å². The quantitative estimate of drug-likeness (QED) is 0.680. The molecule has 0 aromatic heterocycles. The molecule has 0 spiro atoms. The van der Waals surface area contributed by atoms with Crippen molar-refractivity contribution in [1.82, 2.24) is 14.9 Å². The Morgan fingerprint density at radius 2 is 1.77 bits per heavy atom. The summed E-state index contributed by atoms with van der Waals surface area (Å²) in [4.78, 5) is 23.7. The van der Waals surface area contributed by atoms with E-state index in [1.54, 1.807) is 0 Å². The summed E-state index contributed by atoms with van der Waals surface area (Å²) < 4.78 is 31.4. The normalized spacial score (nSPS) is 10.9. The van der Waals surface area contributed by atoms with Crippen LogP contribution in [0.5, 0.6) is 5.75 Å². The van der Waals surface area contributed by atoms with Crippen LogP contribution in [0, 0.1) is 0 Å². The highest BCUT2D eigenvalue weighted by Gasteiger charge is 2.16. The topological polar surface area (TPSA) is 105 Å². The largest absolute Gasteiger partial charge is 0.484 e. The molecule has 0 aliphatic carbocycles. The third kappa shape index (κ3) is 5.34. The smallest absolute Gasteiger partial charge is 0.257 e. The van der Waals surface area contributed by atoms with Gasteiger partial charge in [0.05, 0.1) is 11.4 Å². The Morgan fingerprint density at radius 1 is 1.18 bits per heavy atom. The molecule has 0 saturated heterocycles. The highest BCUT2D eigenvalue weighted by Crippen LogP contribution is 2.15. The lowest BCUT2D eigenvalue weighted by atomic mass is 10.3. The van der Waals surface area contributed by atoms with E-state index in [9.17, 15) is 18.0 Å². The number of benzene rings is 1. The number of carbonyl (C=O) groups excluding carboxylic acids is 2. The maximum Gasteiger partial charge on any atom is 0.257 e. The Labute approximate surface area is 129 Å². The third-order valence-corrected chi connectivity index (χ3v) is 4.11. The molecule has 22 heavy (non-hydrogen) atoms. The lowest BCUT2D eigenvalue weighted by Gasteiger charge is -2.11. The first kappa shape index (κ1) is 17.9. The second kappa shape index (κ2) is 7.76. The summed E-state index contributed by atoms with van der Waals surface area (Å²) in [6.07, 6.45) is 0. The Morgan fingerprint density at radius 3 is 2.27 bits per heavy atom. The van der Waals surface area contributed by atoms with Crippen LogP contribution in [0.4, 0.5) is 0 Å². The zero-order valence-electron chi connectivity index (χ0n) is 12.6. The standard InChI is InChI=1S/C13H19N3O5S/c1-14-12(17)9-21-10-4-6-11(7-5-10)22(19,20)15-8-13(18)16(2)3/h4-7,15H,8-9H2,1-3H3,(H,14,17). The number of likely N-dealkylation sites (N-methyl/N-ethyl adjacent to an activating group) is 2. The maximum absolute atomic E-state index is 12.0. The van der Waals surface area contributed by atoms with Crippen LogP contribution in [0.3, 0.4) is 0 Å². The molecule has 0 aliphatic rings. The SMILES string of the molecule is CNC(=O)COc1ccc(S(=O)(=O)NCC(=O)N(C)C)cc1. The van der Waals surface area contributed by atoms with Crippen molar-refractivity contribution in [1.29, 1.82) is 0 Å². The number of nitrogens with zero attached hydrogens (tertiary/aromatic N) is 1. The van der Waals surface area contributed by atoms with Crippen LogP contribution in [-0.2, 0) is 19.6 Å². The van der Waals surface area contributed by atoms with Crippen LogP contribution >= 0.6 is 0 Å². The van der Waals surface area contributed by atoms with Crippen LogP contribution < -0.4 is 14.8 Å². The summed E-state index contributed by atoms with van der Waals surface area (Å²) in [6.45, 7) is -0.470. The van der Waals surface area contributed by atoms with Gasteiger partial charge < -0.3 is 15.0 Å². The zero-order chi connectivity index (χ0) is 16.8. The van der Waals surface area contributed by atoms with Gasteiger partial charge in [-0.2, -0.15) is 0 Å². The van der Waals surface area contributed by atoms with Gasteiger partial charge in [0.15, 0.2) is 6.61 Å². The summed E-state index contributed by atoms with van der Waals surface area (Å²) in [6, 6.07) is 5.54. The fraction of sp³-hybridized carbons (Fsp3) is 0.385. The molecule has 0 atom stereocenters. The first-order valence-corrected chi connectivity index (χ1v) is 7.88. The molecule has 0 unspecified atom stereocenters. The van der Waals surface area contributed by atoms with Gasteiger partial charge in [-0.1, -0.05) is 0 Å². The number of nitrogens with one attached hydrogen (secondary N) is 2. The van der Waals surface area contributed by atoms with Gasteiger partial charge in [-0.25, -0.2) is 13.1 Å². The van der Waals surface area contributed by atoms with Crippen molar-refractivity contribution < 1.29 is 22.7 Å². The number of amides is 2. The molecule has 2 amide bonds. The minimum absolute atomic E-state index is 0.00588. The Bertz CT molecular complexity index is 626. The monoisotopic (exact) mass is 329 g/mol. The fourth-order valence-corrected chi connectivity index (χ4v) is 2.31. The van der Waals surface area contributed by atoms with E-state index in [-0.39, 0.29) is 29.9 Å². The summed E-state index contributed by atoms with van der Waals surface area (Å²) in [5.74, 6) is -0.276. The van der Waals surface area contributed by atoms with E-state index in [4.69, 9.17) is 4.74 Å². The van der Waals surface area contributed by atoms with Gasteiger partial charge in [0, 0.05) is 21.1 Å². The molecule has 1 aromatic rings. The minimum atomic E-state index is -3.77. The van der Waals surface area contributed by atoms with Crippen LogP contribution in [0.15, 0.2) is 29.2 Å². The van der Waals surface area contributed by atoms with Gasteiger partial charge in [-0.15, -0.1) is 0 Å². The van der Waals surface area contributed by atoms with Crippen LogP contribution in [0.25, 0.3) is 0 Å². The molecule has 8 nitrogen and oxygen atoms in total. The summed E-state index contributed by atoms with van der Waals surface area (Å²) in [7, 11) is 0.788. The predicted octanol–water partition coefficient (Wildman–Crippen LogP) is -0.822. The maximum atomic E-state index is 12.0. The van der Waals surface area contributed by atoms with Crippen LogP contribution in [-0.4, -0.2) is 59.4 Å². The van der Waals surface area contributed by atoms with Crippen LogP contribution in [0.1, 0.15) is 0 Å². The zero-order valence-corrected chi connectivity index (χ0v) is 13.4. The van der Waals surface area contributed by atoms with Crippen molar-refractivity contribution in [3.05, 3.63) is 24.3 Å². The molecule has 9 heteroatoms. The van der Waals surface area contributed by atoms with E-state index in [0.29, 0.717) is 5.75 Å². The van der Waals surface area contributed by atoms with Crippen molar-refractivity contribution in [2.45, 2.75) is 4.90 Å². The van der Waals surface area contributed by atoms with E-state index in [2.05, 4.69) is 10.0 Å². The van der Waals surface area contributed by atoms with Gasteiger partial charge >= 0.3 is 0 Å². The molecule has 1 aromatic carbocycles. The third-order valence-electron chi connectivity index (χ3n) is 2.70. The molecule has 0 heterocycles. The number of sulfonamides is 1. The first-order chi connectivity index (χ1) is 10.3. The van der Waals surface area contributed by atoms with Gasteiger partial charge in [0.25, 0.3) is 5.91 Å². The van der Waals surface area contributed by atoms with Crippen molar-refractivity contribution >= 4 is 21.8 Å². The van der Waals surface area contributed by atoms with E-state index in [1.807, 2.05) is 0 Å². The molecule has 122 valence electrons. The molecule has 2 N–H and O–H groups in total. The van der Waals surface area contributed by atoms with E-state index >= 15 is 0 Å². The van der Waals surface area contributed by atoms with Gasteiger partial charge in [-0.05, 0) is 24.3 Å². The van der Waals surface area contributed by atoms with Crippen molar-refractivity contribution in [3.8, 4) is 5.75 Å². The second-order valence-corrected chi connectivity index (χ2v) is 6.31. The lowest BCUT2D eigenvalue weighted by molar-refractivity contribution is -0.127. The molecule has 1 rings (SSSR count). The minimum Gasteiger partial charge on any atom is -0.484 e.